The summed E-state index contributed by atoms with van der Waals surface area (Å²) in [4.78, 5) is 0. The summed E-state index contributed by atoms with van der Waals surface area (Å²) in [6.07, 6.45) is 10.8. The summed E-state index contributed by atoms with van der Waals surface area (Å²) >= 11 is 0. The van der Waals surface area contributed by atoms with Crippen molar-refractivity contribution in [2.45, 2.75) is 51.0 Å². The quantitative estimate of drug-likeness (QED) is 0.477. The zero-order valence-corrected chi connectivity index (χ0v) is 11.7. The number of hydrogen-bond acceptors (Lipinski definition) is 1. The first-order valence-corrected chi connectivity index (χ1v) is 7.19. The van der Waals surface area contributed by atoms with Gasteiger partial charge in [0.1, 0.15) is 0 Å². The van der Waals surface area contributed by atoms with Crippen LogP contribution >= 0.6 is 0 Å². The van der Waals surface area contributed by atoms with E-state index in [0.29, 0.717) is 6.04 Å². The largest absolute Gasteiger partial charge is 0.317 e. The summed E-state index contributed by atoms with van der Waals surface area (Å²) in [5.41, 5.74) is 1.45. The molecule has 1 nitrogen and oxygen atoms in total. The monoisotopic (exact) mass is 245 g/mol. The van der Waals surface area contributed by atoms with Gasteiger partial charge in [-0.25, -0.2) is 0 Å². The highest BCUT2D eigenvalue weighted by Crippen LogP contribution is 2.11. The van der Waals surface area contributed by atoms with Gasteiger partial charge in [-0.3, -0.25) is 0 Å². The molecular weight excluding hydrogens is 218 g/mol. The van der Waals surface area contributed by atoms with Crippen LogP contribution in [0, 0.1) is 0 Å². The summed E-state index contributed by atoms with van der Waals surface area (Å²) < 4.78 is 0. The van der Waals surface area contributed by atoms with Gasteiger partial charge in [-0.1, -0.05) is 49.2 Å². The Bertz CT molecular complexity index is 305. The molecule has 1 N–H and O–H groups in total. The lowest BCUT2D eigenvalue weighted by atomic mass is 10.00. The van der Waals surface area contributed by atoms with Crippen LogP contribution in [-0.2, 0) is 6.42 Å². The van der Waals surface area contributed by atoms with Gasteiger partial charge < -0.3 is 5.32 Å². The van der Waals surface area contributed by atoms with E-state index in [9.17, 15) is 0 Å². The maximum atomic E-state index is 3.76. The molecule has 1 heteroatoms. The fourth-order valence-electron chi connectivity index (χ4n) is 2.27. The number of benzene rings is 1. The minimum absolute atomic E-state index is 0.661. The van der Waals surface area contributed by atoms with Crippen molar-refractivity contribution in [1.82, 2.24) is 5.32 Å². The second-order valence-electron chi connectivity index (χ2n) is 4.94. The van der Waals surface area contributed by atoms with Gasteiger partial charge >= 0.3 is 0 Å². The van der Waals surface area contributed by atoms with Gasteiger partial charge in [-0.2, -0.15) is 0 Å². The van der Waals surface area contributed by atoms with Crippen molar-refractivity contribution < 1.29 is 0 Å². The van der Waals surface area contributed by atoms with Crippen molar-refractivity contribution in [2.75, 3.05) is 7.05 Å². The van der Waals surface area contributed by atoms with Crippen molar-refractivity contribution in [3.05, 3.63) is 48.6 Å². The molecule has 1 aromatic carbocycles. The first-order chi connectivity index (χ1) is 8.86. The van der Waals surface area contributed by atoms with Gasteiger partial charge in [0.25, 0.3) is 0 Å². The average Bonchev–Trinajstić information content (AvgIpc) is 2.43. The third-order valence-electron chi connectivity index (χ3n) is 3.49. The topological polar surface area (TPSA) is 12.0 Å². The van der Waals surface area contributed by atoms with Gasteiger partial charge in [0.2, 0.25) is 0 Å². The number of hydrogen-bond donors (Lipinski definition) is 1. The van der Waals surface area contributed by atoms with E-state index in [4.69, 9.17) is 0 Å². The van der Waals surface area contributed by atoms with Crippen LogP contribution in [-0.4, -0.2) is 13.1 Å². The molecule has 0 fully saturated rings. The Labute approximate surface area is 112 Å². The minimum atomic E-state index is 0.661. The summed E-state index contributed by atoms with van der Waals surface area (Å²) in [6.45, 7) is 3.76. The van der Waals surface area contributed by atoms with E-state index in [0.717, 1.165) is 6.42 Å². The molecule has 1 aromatic rings. The molecule has 1 unspecified atom stereocenters. The van der Waals surface area contributed by atoms with E-state index in [2.05, 4.69) is 49.3 Å². The highest BCUT2D eigenvalue weighted by Gasteiger charge is 2.05. The number of aryl methyl sites for hydroxylation is 1. The number of nitrogens with one attached hydrogen (secondary N) is 1. The molecule has 100 valence electrons. The smallest absolute Gasteiger partial charge is 0.00672 e. The van der Waals surface area contributed by atoms with E-state index < -0.39 is 0 Å². The van der Waals surface area contributed by atoms with E-state index in [1.807, 2.05) is 6.08 Å². The van der Waals surface area contributed by atoms with Crippen LogP contribution in [0.3, 0.4) is 0 Å². The molecule has 18 heavy (non-hydrogen) atoms. The Balaban J connectivity index is 2.15. The average molecular weight is 245 g/mol. The van der Waals surface area contributed by atoms with Gasteiger partial charge in [-0.05, 0) is 44.7 Å². The first kappa shape index (κ1) is 15.0. The Hall–Kier alpha value is -1.08. The Kier molecular flexibility index (Phi) is 8.24. The number of unbranched alkanes of at least 4 members (excludes halogenated alkanes) is 3. The third kappa shape index (κ3) is 6.61. The summed E-state index contributed by atoms with van der Waals surface area (Å²) in [5, 5.41) is 3.44. The summed E-state index contributed by atoms with van der Waals surface area (Å²) in [5.74, 6) is 0. The van der Waals surface area contributed by atoms with Gasteiger partial charge in [0.05, 0.1) is 0 Å². The lowest BCUT2D eigenvalue weighted by Crippen LogP contribution is -2.25. The highest BCUT2D eigenvalue weighted by atomic mass is 14.9. The molecule has 0 spiro atoms. The Morgan fingerprint density at radius 2 is 1.89 bits per heavy atom. The minimum Gasteiger partial charge on any atom is -0.317 e. The third-order valence-corrected chi connectivity index (χ3v) is 3.49. The molecule has 0 saturated carbocycles. The molecule has 0 heterocycles. The zero-order chi connectivity index (χ0) is 13.1. The molecule has 0 aromatic heterocycles. The maximum Gasteiger partial charge on any atom is 0.00672 e. The van der Waals surface area contributed by atoms with Crippen molar-refractivity contribution in [3.8, 4) is 0 Å². The molecule has 0 saturated heterocycles. The lowest BCUT2D eigenvalue weighted by molar-refractivity contribution is 0.463. The summed E-state index contributed by atoms with van der Waals surface area (Å²) in [7, 11) is 2.08. The van der Waals surface area contributed by atoms with Crippen LogP contribution < -0.4 is 5.32 Å². The molecule has 0 bridgehead atoms. The van der Waals surface area contributed by atoms with E-state index in [-0.39, 0.29) is 0 Å². The van der Waals surface area contributed by atoms with E-state index >= 15 is 0 Å². The predicted molar refractivity (Wildman–Crippen MR) is 80.9 cm³/mol. The molecule has 0 radical (unpaired) electrons. The van der Waals surface area contributed by atoms with Gasteiger partial charge in [0.15, 0.2) is 0 Å². The zero-order valence-electron chi connectivity index (χ0n) is 11.7. The van der Waals surface area contributed by atoms with Crippen LogP contribution in [0.2, 0.25) is 0 Å². The molecule has 0 aliphatic heterocycles. The molecule has 1 atom stereocenters. The van der Waals surface area contributed by atoms with Gasteiger partial charge in [0, 0.05) is 6.04 Å². The number of rotatable bonds is 10. The van der Waals surface area contributed by atoms with E-state index in [1.165, 1.54) is 44.1 Å². The van der Waals surface area contributed by atoms with Crippen molar-refractivity contribution in [3.63, 3.8) is 0 Å². The molecule has 0 aliphatic rings. The predicted octanol–water partition coefficient (Wildman–Crippen LogP) is 4.34. The Morgan fingerprint density at radius 1 is 1.11 bits per heavy atom. The fourth-order valence-corrected chi connectivity index (χ4v) is 2.27. The van der Waals surface area contributed by atoms with Crippen molar-refractivity contribution in [1.29, 1.82) is 0 Å². The molecule has 0 amide bonds. The standard InChI is InChI=1S/C17H27N/c1-3-4-5-6-10-13-17(18-2)15-14-16-11-8-7-9-12-16/h3,7-9,11-12,17-18H,1,4-6,10,13-15H2,2H3. The normalized spacial score (nSPS) is 12.3. The molecule has 0 aliphatic carbocycles. The summed E-state index contributed by atoms with van der Waals surface area (Å²) in [6, 6.07) is 11.4. The second-order valence-corrected chi connectivity index (χ2v) is 4.94. The van der Waals surface area contributed by atoms with Crippen LogP contribution in [0.5, 0.6) is 0 Å². The first-order valence-electron chi connectivity index (χ1n) is 7.19. The molecular formula is C17H27N. The van der Waals surface area contributed by atoms with Gasteiger partial charge in [-0.15, -0.1) is 6.58 Å². The second kappa shape index (κ2) is 9.90. The highest BCUT2D eigenvalue weighted by molar-refractivity contribution is 5.14. The fraction of sp³-hybridized carbons (Fsp3) is 0.529. The van der Waals surface area contributed by atoms with Crippen LogP contribution in [0.4, 0.5) is 0 Å². The Morgan fingerprint density at radius 3 is 2.56 bits per heavy atom. The maximum absolute atomic E-state index is 3.76. The van der Waals surface area contributed by atoms with Crippen molar-refractivity contribution in [2.24, 2.45) is 0 Å². The lowest BCUT2D eigenvalue weighted by Gasteiger charge is -2.15. The number of allylic oxidation sites excluding steroid dienone is 1. The van der Waals surface area contributed by atoms with Crippen LogP contribution in [0.25, 0.3) is 0 Å². The van der Waals surface area contributed by atoms with E-state index in [1.54, 1.807) is 0 Å². The molecule has 1 rings (SSSR count). The van der Waals surface area contributed by atoms with Crippen LogP contribution in [0.15, 0.2) is 43.0 Å². The van der Waals surface area contributed by atoms with Crippen LogP contribution in [0.1, 0.15) is 44.1 Å². The SMILES string of the molecule is C=CCCCCCC(CCc1ccccc1)NC. The van der Waals surface area contributed by atoms with Crippen molar-refractivity contribution >= 4 is 0 Å².